The molecule has 0 amide bonds. The Morgan fingerprint density at radius 3 is 2.47 bits per heavy atom. The van der Waals surface area contributed by atoms with Gasteiger partial charge in [0, 0.05) is 17.4 Å². The Morgan fingerprint density at radius 2 is 1.73 bits per heavy atom. The van der Waals surface area contributed by atoms with Crippen LogP contribution in [-0.2, 0) is 0 Å². The maximum atomic E-state index is 13.5. The summed E-state index contributed by atoms with van der Waals surface area (Å²) in [7, 11) is 1.67. The van der Waals surface area contributed by atoms with Crippen LogP contribution in [0.5, 0.6) is 5.75 Å². The highest BCUT2D eigenvalue weighted by atomic mass is 32.2. The van der Waals surface area contributed by atoms with Crippen LogP contribution < -0.4 is 4.74 Å². The molecular weight excluding hydrogens is 397 g/mol. The summed E-state index contributed by atoms with van der Waals surface area (Å²) >= 11 is 1.67. The predicted molar refractivity (Wildman–Crippen MR) is 120 cm³/mol. The van der Waals surface area contributed by atoms with Crippen LogP contribution in [0.2, 0.25) is 0 Å². The minimum atomic E-state index is -0.255. The van der Waals surface area contributed by atoms with Gasteiger partial charge < -0.3 is 4.74 Å². The van der Waals surface area contributed by atoms with Gasteiger partial charge in [0.2, 0.25) is 0 Å². The molecule has 30 heavy (non-hydrogen) atoms. The molecule has 0 saturated heterocycles. The zero-order chi connectivity index (χ0) is 21.1. The van der Waals surface area contributed by atoms with Crippen molar-refractivity contribution < 1.29 is 9.13 Å². The number of ether oxygens (including phenoxy) is 1. The Hall–Kier alpha value is -2.86. The molecule has 154 valence electrons. The molecule has 0 N–H and O–H groups in total. The van der Waals surface area contributed by atoms with E-state index < -0.39 is 0 Å². The first-order valence-electron chi connectivity index (χ1n) is 10.0. The number of nitrogens with zero attached hydrogens (tertiary/aromatic N) is 3. The molecule has 0 aliphatic carbocycles. The Bertz CT molecular complexity index is 1160. The number of rotatable bonds is 7. The molecule has 1 unspecified atom stereocenters. The molecule has 3 aromatic carbocycles. The van der Waals surface area contributed by atoms with Gasteiger partial charge in [0.15, 0.2) is 5.16 Å². The van der Waals surface area contributed by atoms with Crippen molar-refractivity contribution in [3.63, 3.8) is 0 Å². The fraction of sp³-hybridized carbons (Fsp3) is 0.250. The van der Waals surface area contributed by atoms with E-state index in [1.54, 1.807) is 31.0 Å². The summed E-state index contributed by atoms with van der Waals surface area (Å²) in [5, 5.41) is 12.1. The van der Waals surface area contributed by atoms with Gasteiger partial charge in [-0.15, -0.1) is 10.2 Å². The first kappa shape index (κ1) is 20.4. The molecular formula is C24H24FN3OS. The van der Waals surface area contributed by atoms with Crippen molar-refractivity contribution in [3.8, 4) is 11.4 Å². The number of halogens is 1. The average Bonchev–Trinajstić information content (AvgIpc) is 3.20. The van der Waals surface area contributed by atoms with E-state index in [-0.39, 0.29) is 11.7 Å². The van der Waals surface area contributed by atoms with Crippen molar-refractivity contribution in [2.45, 2.75) is 31.3 Å². The second-order valence-electron chi connectivity index (χ2n) is 7.20. The van der Waals surface area contributed by atoms with Gasteiger partial charge in [-0.05, 0) is 59.2 Å². The highest BCUT2D eigenvalue weighted by Gasteiger charge is 2.21. The lowest BCUT2D eigenvalue weighted by Crippen LogP contribution is -2.08. The molecule has 6 heteroatoms. The second kappa shape index (κ2) is 8.88. The highest BCUT2D eigenvalue weighted by Crippen LogP contribution is 2.32. The van der Waals surface area contributed by atoms with Gasteiger partial charge in [-0.3, -0.25) is 4.57 Å². The van der Waals surface area contributed by atoms with E-state index in [9.17, 15) is 4.39 Å². The summed E-state index contributed by atoms with van der Waals surface area (Å²) in [6, 6.07) is 19.0. The van der Waals surface area contributed by atoms with Crippen LogP contribution in [-0.4, -0.2) is 27.6 Å². The Balaban J connectivity index is 1.76. The fourth-order valence-electron chi connectivity index (χ4n) is 3.47. The first-order chi connectivity index (χ1) is 14.6. The largest absolute Gasteiger partial charge is 0.497 e. The molecule has 1 heterocycles. The Morgan fingerprint density at radius 1 is 1.00 bits per heavy atom. The molecule has 0 radical (unpaired) electrons. The van der Waals surface area contributed by atoms with E-state index in [4.69, 9.17) is 4.74 Å². The van der Waals surface area contributed by atoms with Gasteiger partial charge in [0.25, 0.3) is 0 Å². The Labute approximate surface area is 180 Å². The van der Waals surface area contributed by atoms with E-state index in [0.717, 1.165) is 50.9 Å². The SMILES string of the molecule is CCCSc1nnc(C(C)c2ccc3cc(OC)ccc3c2)n1-c1ccc(F)cc1. The number of hydrogen-bond acceptors (Lipinski definition) is 4. The molecule has 0 aliphatic rings. The van der Waals surface area contributed by atoms with Crippen molar-refractivity contribution in [1.82, 2.24) is 14.8 Å². The first-order valence-corrected chi connectivity index (χ1v) is 11.0. The lowest BCUT2D eigenvalue weighted by Gasteiger charge is -2.16. The number of hydrogen-bond donors (Lipinski definition) is 0. The third-order valence-electron chi connectivity index (χ3n) is 5.14. The van der Waals surface area contributed by atoms with Crippen molar-refractivity contribution in [2.24, 2.45) is 0 Å². The number of benzene rings is 3. The standard InChI is InChI=1S/C24H24FN3OS/c1-4-13-30-24-27-26-23(28(24)21-10-8-20(25)9-11-21)16(2)17-5-6-19-15-22(29-3)12-7-18(19)14-17/h5-12,14-16H,4,13H2,1-3H3. The van der Waals surface area contributed by atoms with Crippen molar-refractivity contribution in [3.05, 3.63) is 77.9 Å². The quantitative estimate of drug-likeness (QED) is 0.332. The van der Waals surface area contributed by atoms with Crippen LogP contribution >= 0.6 is 11.8 Å². The summed E-state index contributed by atoms with van der Waals surface area (Å²) in [6.07, 6.45) is 1.04. The maximum absolute atomic E-state index is 13.5. The van der Waals surface area contributed by atoms with Crippen molar-refractivity contribution in [1.29, 1.82) is 0 Å². The van der Waals surface area contributed by atoms with Crippen LogP contribution in [0.25, 0.3) is 16.5 Å². The summed E-state index contributed by atoms with van der Waals surface area (Å²) < 4.78 is 20.9. The molecule has 4 aromatic rings. The van der Waals surface area contributed by atoms with Gasteiger partial charge in [-0.2, -0.15) is 0 Å². The van der Waals surface area contributed by atoms with Crippen molar-refractivity contribution >= 4 is 22.5 Å². The lowest BCUT2D eigenvalue weighted by atomic mass is 9.97. The lowest BCUT2D eigenvalue weighted by molar-refractivity contribution is 0.415. The molecule has 0 fully saturated rings. The van der Waals surface area contributed by atoms with E-state index in [1.807, 2.05) is 16.7 Å². The third-order valence-corrected chi connectivity index (χ3v) is 6.27. The summed E-state index contributed by atoms with van der Waals surface area (Å²) in [5.41, 5.74) is 2.02. The topological polar surface area (TPSA) is 39.9 Å². The van der Waals surface area contributed by atoms with Gasteiger partial charge in [0.05, 0.1) is 7.11 Å². The van der Waals surface area contributed by atoms with Crippen molar-refractivity contribution in [2.75, 3.05) is 12.9 Å². The van der Waals surface area contributed by atoms with E-state index in [1.165, 1.54) is 12.1 Å². The minimum Gasteiger partial charge on any atom is -0.497 e. The summed E-state index contributed by atoms with van der Waals surface area (Å²) in [6.45, 7) is 4.27. The summed E-state index contributed by atoms with van der Waals surface area (Å²) in [4.78, 5) is 0. The molecule has 1 aromatic heterocycles. The van der Waals surface area contributed by atoms with E-state index in [0.29, 0.717) is 0 Å². The predicted octanol–water partition coefficient (Wildman–Crippen LogP) is 6.22. The van der Waals surface area contributed by atoms with Crippen LogP contribution in [0.4, 0.5) is 4.39 Å². The van der Waals surface area contributed by atoms with Gasteiger partial charge >= 0.3 is 0 Å². The molecule has 1 atom stereocenters. The fourth-order valence-corrected chi connectivity index (χ4v) is 4.28. The van der Waals surface area contributed by atoms with Gasteiger partial charge in [-0.25, -0.2) is 4.39 Å². The molecule has 0 saturated carbocycles. The van der Waals surface area contributed by atoms with Gasteiger partial charge in [0.1, 0.15) is 17.4 Å². The average molecular weight is 422 g/mol. The normalized spacial score (nSPS) is 12.3. The molecule has 4 nitrogen and oxygen atoms in total. The molecule has 0 aliphatic heterocycles. The van der Waals surface area contributed by atoms with Crippen LogP contribution in [0.1, 0.15) is 37.6 Å². The number of thioether (sulfide) groups is 1. The molecule has 0 bridgehead atoms. The van der Waals surface area contributed by atoms with Crippen LogP contribution in [0, 0.1) is 5.82 Å². The monoisotopic (exact) mass is 421 g/mol. The molecule has 0 spiro atoms. The van der Waals surface area contributed by atoms with Gasteiger partial charge in [-0.1, -0.05) is 49.9 Å². The Kier molecular flexibility index (Phi) is 6.04. The number of aromatic nitrogens is 3. The van der Waals surface area contributed by atoms with Crippen LogP contribution in [0.15, 0.2) is 65.8 Å². The van der Waals surface area contributed by atoms with E-state index >= 15 is 0 Å². The third kappa shape index (κ3) is 4.05. The minimum absolute atomic E-state index is 0.0185. The van der Waals surface area contributed by atoms with Crippen LogP contribution in [0.3, 0.4) is 0 Å². The second-order valence-corrected chi connectivity index (χ2v) is 8.26. The zero-order valence-electron chi connectivity index (χ0n) is 17.3. The van der Waals surface area contributed by atoms with E-state index in [2.05, 4.69) is 48.3 Å². The molecule has 4 rings (SSSR count). The number of fused-ring (bicyclic) bond motifs is 1. The maximum Gasteiger partial charge on any atom is 0.195 e. The highest BCUT2D eigenvalue weighted by molar-refractivity contribution is 7.99. The number of methoxy groups -OCH3 is 1. The zero-order valence-corrected chi connectivity index (χ0v) is 18.1. The summed E-state index contributed by atoms with van der Waals surface area (Å²) in [5.74, 6) is 2.40. The smallest absolute Gasteiger partial charge is 0.195 e.